The average molecular weight is 218 g/mol. The van der Waals surface area contributed by atoms with Gasteiger partial charge in [-0.25, -0.2) is 4.79 Å². The third-order valence-electron chi connectivity index (χ3n) is 1.80. The summed E-state index contributed by atoms with van der Waals surface area (Å²) in [6, 6.07) is 2.68. The number of aromatic nitrogens is 1. The Morgan fingerprint density at radius 2 is 2.25 bits per heavy atom. The minimum Gasteiger partial charge on any atom is -0.478 e. The Morgan fingerprint density at radius 1 is 1.50 bits per heavy atom. The van der Waals surface area contributed by atoms with E-state index < -0.39 is 5.97 Å². The minimum atomic E-state index is -1.08. The van der Waals surface area contributed by atoms with Crippen LogP contribution in [0.2, 0.25) is 0 Å². The number of hydrogen-bond acceptors (Lipinski definition) is 3. The van der Waals surface area contributed by atoms with Crippen molar-refractivity contribution in [3.63, 3.8) is 0 Å². The molecule has 5 nitrogen and oxygen atoms in total. The van der Waals surface area contributed by atoms with E-state index in [1.807, 2.05) is 0 Å². The number of pyridine rings is 1. The maximum absolute atomic E-state index is 11.4. The Balaban J connectivity index is 2.64. The molecule has 2 N–H and O–H groups in total. The second-order valence-electron chi connectivity index (χ2n) is 2.95. The van der Waals surface area contributed by atoms with E-state index >= 15 is 0 Å². The van der Waals surface area contributed by atoms with Gasteiger partial charge in [0.1, 0.15) is 5.69 Å². The van der Waals surface area contributed by atoms with Crippen molar-refractivity contribution >= 4 is 11.9 Å². The van der Waals surface area contributed by atoms with Crippen LogP contribution in [0.5, 0.6) is 0 Å². The third-order valence-corrected chi connectivity index (χ3v) is 1.80. The minimum absolute atomic E-state index is 0.0418. The number of carbonyl (C=O) groups is 2. The first-order chi connectivity index (χ1) is 7.65. The predicted molar refractivity (Wildman–Crippen MR) is 57.0 cm³/mol. The second-order valence-corrected chi connectivity index (χ2v) is 2.95. The Bertz CT molecular complexity index is 432. The molecule has 0 saturated heterocycles. The average Bonchev–Trinajstić information content (AvgIpc) is 2.29. The van der Waals surface area contributed by atoms with Gasteiger partial charge in [-0.3, -0.25) is 9.78 Å². The Kier molecular flexibility index (Phi) is 4.04. The molecule has 0 spiro atoms. The van der Waals surface area contributed by atoms with E-state index in [0.29, 0.717) is 13.0 Å². The molecular weight excluding hydrogens is 208 g/mol. The van der Waals surface area contributed by atoms with Crippen LogP contribution < -0.4 is 5.32 Å². The topological polar surface area (TPSA) is 79.3 Å². The molecule has 1 heterocycles. The second kappa shape index (κ2) is 5.51. The van der Waals surface area contributed by atoms with Crippen molar-refractivity contribution in [3.8, 4) is 12.3 Å². The molecule has 0 saturated carbocycles. The summed E-state index contributed by atoms with van der Waals surface area (Å²) in [7, 11) is 0. The number of amides is 1. The lowest BCUT2D eigenvalue weighted by Gasteiger charge is -2.02. The van der Waals surface area contributed by atoms with Crippen LogP contribution in [0.4, 0.5) is 0 Å². The summed E-state index contributed by atoms with van der Waals surface area (Å²) in [5.74, 6) is 0.940. The SMILES string of the molecule is C#CCCNC(=O)c1ccc(C(=O)O)cn1. The Morgan fingerprint density at radius 3 is 2.75 bits per heavy atom. The quantitative estimate of drug-likeness (QED) is 0.570. The number of terminal acetylenes is 1. The zero-order chi connectivity index (χ0) is 12.0. The molecule has 5 heteroatoms. The first-order valence-electron chi connectivity index (χ1n) is 4.56. The highest BCUT2D eigenvalue weighted by atomic mass is 16.4. The maximum Gasteiger partial charge on any atom is 0.337 e. The first kappa shape index (κ1) is 11.7. The number of hydrogen-bond donors (Lipinski definition) is 2. The molecule has 1 aromatic heterocycles. The molecule has 0 fully saturated rings. The Hall–Kier alpha value is -2.35. The fourth-order valence-electron chi connectivity index (χ4n) is 0.993. The fourth-order valence-corrected chi connectivity index (χ4v) is 0.993. The van der Waals surface area contributed by atoms with Gasteiger partial charge in [-0.2, -0.15) is 0 Å². The van der Waals surface area contributed by atoms with Crippen LogP contribution >= 0.6 is 0 Å². The van der Waals surface area contributed by atoms with Crippen LogP contribution in [0.15, 0.2) is 18.3 Å². The third kappa shape index (κ3) is 3.10. The molecule has 0 aromatic carbocycles. The van der Waals surface area contributed by atoms with Crippen LogP contribution in [-0.4, -0.2) is 28.5 Å². The largest absolute Gasteiger partial charge is 0.478 e. The van der Waals surface area contributed by atoms with Crippen molar-refractivity contribution in [2.75, 3.05) is 6.54 Å². The first-order valence-corrected chi connectivity index (χ1v) is 4.56. The maximum atomic E-state index is 11.4. The van der Waals surface area contributed by atoms with E-state index in [1.54, 1.807) is 0 Å². The van der Waals surface area contributed by atoms with Gasteiger partial charge in [0.2, 0.25) is 0 Å². The summed E-state index contributed by atoms with van der Waals surface area (Å²) in [6.45, 7) is 0.373. The lowest BCUT2D eigenvalue weighted by Crippen LogP contribution is -2.25. The zero-order valence-electron chi connectivity index (χ0n) is 8.43. The number of carboxylic acids is 1. The molecule has 1 rings (SSSR count). The van der Waals surface area contributed by atoms with E-state index in [0.717, 1.165) is 6.20 Å². The molecule has 1 aromatic rings. The predicted octanol–water partition coefficient (Wildman–Crippen LogP) is 0.533. The lowest BCUT2D eigenvalue weighted by molar-refractivity contribution is 0.0695. The van der Waals surface area contributed by atoms with Gasteiger partial charge in [0.25, 0.3) is 5.91 Å². The van der Waals surface area contributed by atoms with Gasteiger partial charge in [0, 0.05) is 19.2 Å². The number of aromatic carboxylic acids is 1. The number of carboxylic acid groups (broad SMARTS) is 1. The fraction of sp³-hybridized carbons (Fsp3) is 0.182. The summed E-state index contributed by atoms with van der Waals surface area (Å²) in [5.41, 5.74) is 0.210. The highest BCUT2D eigenvalue weighted by Crippen LogP contribution is 2.00. The van der Waals surface area contributed by atoms with Crippen molar-refractivity contribution in [1.29, 1.82) is 0 Å². The van der Waals surface area contributed by atoms with Crippen molar-refractivity contribution in [3.05, 3.63) is 29.6 Å². The van der Waals surface area contributed by atoms with Crippen molar-refractivity contribution in [2.45, 2.75) is 6.42 Å². The molecule has 0 aliphatic heterocycles. The van der Waals surface area contributed by atoms with Crippen LogP contribution in [0.3, 0.4) is 0 Å². The van der Waals surface area contributed by atoms with E-state index in [9.17, 15) is 9.59 Å². The van der Waals surface area contributed by atoms with Crippen molar-refractivity contribution in [2.24, 2.45) is 0 Å². The highest BCUT2D eigenvalue weighted by molar-refractivity contribution is 5.93. The summed E-state index contributed by atoms with van der Waals surface area (Å²) in [5, 5.41) is 11.2. The number of rotatable bonds is 4. The van der Waals surface area contributed by atoms with Gasteiger partial charge in [-0.15, -0.1) is 12.3 Å². The van der Waals surface area contributed by atoms with Crippen molar-refractivity contribution < 1.29 is 14.7 Å². The van der Waals surface area contributed by atoms with E-state index in [1.165, 1.54) is 12.1 Å². The monoisotopic (exact) mass is 218 g/mol. The molecule has 16 heavy (non-hydrogen) atoms. The van der Waals surface area contributed by atoms with Gasteiger partial charge < -0.3 is 10.4 Å². The van der Waals surface area contributed by atoms with Gasteiger partial charge in [-0.1, -0.05) is 0 Å². The Labute approximate surface area is 92.5 Å². The van der Waals surface area contributed by atoms with Gasteiger partial charge in [0.05, 0.1) is 5.56 Å². The van der Waals surface area contributed by atoms with E-state index in [-0.39, 0.29) is 17.2 Å². The van der Waals surface area contributed by atoms with Crippen LogP contribution in [-0.2, 0) is 0 Å². The van der Waals surface area contributed by atoms with Crippen LogP contribution in [0.25, 0.3) is 0 Å². The lowest BCUT2D eigenvalue weighted by atomic mass is 10.2. The zero-order valence-corrected chi connectivity index (χ0v) is 8.43. The normalized spacial score (nSPS) is 9.19. The van der Waals surface area contributed by atoms with E-state index in [2.05, 4.69) is 16.2 Å². The smallest absolute Gasteiger partial charge is 0.337 e. The van der Waals surface area contributed by atoms with Crippen molar-refractivity contribution in [1.82, 2.24) is 10.3 Å². The standard InChI is InChI=1S/C11H10N2O3/c1-2-3-6-12-10(14)9-5-4-8(7-13-9)11(15)16/h1,4-5,7H,3,6H2,(H,12,14)(H,15,16). The summed E-state index contributed by atoms with van der Waals surface area (Å²) in [4.78, 5) is 25.7. The van der Waals surface area contributed by atoms with Crippen LogP contribution in [0.1, 0.15) is 27.3 Å². The number of nitrogens with zero attached hydrogens (tertiary/aromatic N) is 1. The number of carbonyl (C=O) groups excluding carboxylic acids is 1. The molecule has 0 unspecified atom stereocenters. The molecule has 0 atom stereocenters. The van der Waals surface area contributed by atoms with E-state index in [4.69, 9.17) is 11.5 Å². The van der Waals surface area contributed by atoms with Gasteiger partial charge in [0.15, 0.2) is 0 Å². The van der Waals surface area contributed by atoms with Crippen LogP contribution in [0, 0.1) is 12.3 Å². The molecule has 0 radical (unpaired) electrons. The van der Waals surface area contributed by atoms with Gasteiger partial charge in [-0.05, 0) is 12.1 Å². The summed E-state index contributed by atoms with van der Waals surface area (Å²) >= 11 is 0. The highest BCUT2D eigenvalue weighted by Gasteiger charge is 2.08. The summed E-state index contributed by atoms with van der Waals surface area (Å²) in [6.07, 6.45) is 6.61. The molecular formula is C11H10N2O3. The molecule has 0 aliphatic carbocycles. The molecule has 1 amide bonds. The molecule has 0 bridgehead atoms. The number of nitrogens with one attached hydrogen (secondary N) is 1. The molecule has 82 valence electrons. The summed E-state index contributed by atoms with van der Waals surface area (Å²) < 4.78 is 0. The van der Waals surface area contributed by atoms with Gasteiger partial charge >= 0.3 is 5.97 Å². The molecule has 0 aliphatic rings.